The summed E-state index contributed by atoms with van der Waals surface area (Å²) in [6.45, 7) is 3.44. The molecule has 0 bridgehead atoms. The largest absolute Gasteiger partial charge is 0.335 e. The fourth-order valence-electron chi connectivity index (χ4n) is 2.84. The fourth-order valence-corrected chi connectivity index (χ4v) is 2.84. The molecule has 6 heteroatoms. The molecule has 0 spiro atoms. The van der Waals surface area contributed by atoms with Crippen molar-refractivity contribution in [3.8, 4) is 0 Å². The first-order valence-electron chi connectivity index (χ1n) is 8.11. The van der Waals surface area contributed by atoms with Crippen molar-refractivity contribution in [2.24, 2.45) is 5.92 Å². The van der Waals surface area contributed by atoms with Gasteiger partial charge in [-0.2, -0.15) is 0 Å². The van der Waals surface area contributed by atoms with Gasteiger partial charge in [0.2, 0.25) is 5.91 Å². The molecule has 3 amide bonds. The molecule has 0 radical (unpaired) electrons. The number of likely N-dealkylation sites (tertiary alicyclic amines) is 1. The Morgan fingerprint density at radius 1 is 1.26 bits per heavy atom. The smallest absolute Gasteiger partial charge is 0.321 e. The molecule has 1 aliphatic heterocycles. The van der Waals surface area contributed by atoms with Gasteiger partial charge in [0.25, 0.3) is 0 Å². The van der Waals surface area contributed by atoms with E-state index in [2.05, 4.69) is 10.6 Å². The fraction of sp³-hybridized carbons (Fsp3) is 0.529. The highest BCUT2D eigenvalue weighted by Crippen LogP contribution is 2.23. The molecule has 2 fully saturated rings. The molecule has 1 unspecified atom stereocenters. The number of hydrogen-bond acceptors (Lipinski definition) is 3. The number of benzene rings is 1. The van der Waals surface area contributed by atoms with Crippen molar-refractivity contribution >= 4 is 11.9 Å². The van der Waals surface area contributed by atoms with Gasteiger partial charge in [-0.3, -0.25) is 15.0 Å². The standard InChI is InChI=1S/C17H22FN3O2/c1-11(16(22)20-17(23)19-15-6-7-15)21-9-13(10-21)8-12-2-4-14(18)5-3-12/h2-5,11,13,15H,6-10H2,1H3,(H2,19,20,22,23). The van der Waals surface area contributed by atoms with Crippen molar-refractivity contribution in [3.63, 3.8) is 0 Å². The quantitative estimate of drug-likeness (QED) is 0.868. The average Bonchev–Trinajstić information content (AvgIpc) is 3.27. The molecule has 23 heavy (non-hydrogen) atoms. The molecule has 2 aliphatic rings. The topological polar surface area (TPSA) is 61.4 Å². The van der Waals surface area contributed by atoms with Gasteiger partial charge in [-0.25, -0.2) is 9.18 Å². The summed E-state index contributed by atoms with van der Waals surface area (Å²) >= 11 is 0. The molecule has 0 aromatic heterocycles. The summed E-state index contributed by atoms with van der Waals surface area (Å²) < 4.78 is 12.9. The van der Waals surface area contributed by atoms with Gasteiger partial charge < -0.3 is 5.32 Å². The monoisotopic (exact) mass is 319 g/mol. The minimum Gasteiger partial charge on any atom is -0.335 e. The van der Waals surface area contributed by atoms with Gasteiger partial charge >= 0.3 is 6.03 Å². The number of carbonyl (C=O) groups is 2. The van der Waals surface area contributed by atoms with Crippen LogP contribution in [0.5, 0.6) is 0 Å². The Balaban J connectivity index is 1.40. The van der Waals surface area contributed by atoms with Crippen molar-refractivity contribution in [3.05, 3.63) is 35.6 Å². The first kappa shape index (κ1) is 15.9. The number of nitrogens with one attached hydrogen (secondary N) is 2. The van der Waals surface area contributed by atoms with E-state index < -0.39 is 6.03 Å². The Morgan fingerprint density at radius 2 is 1.91 bits per heavy atom. The second kappa shape index (κ2) is 6.66. The summed E-state index contributed by atoms with van der Waals surface area (Å²) in [5.74, 6) is -0.0156. The molecule has 3 rings (SSSR count). The number of imide groups is 1. The molecule has 1 heterocycles. The van der Waals surface area contributed by atoms with Crippen LogP contribution < -0.4 is 10.6 Å². The van der Waals surface area contributed by atoms with Gasteiger partial charge in [0.1, 0.15) is 5.82 Å². The maximum atomic E-state index is 12.9. The van der Waals surface area contributed by atoms with Crippen LogP contribution in [0, 0.1) is 11.7 Å². The van der Waals surface area contributed by atoms with Crippen LogP contribution in [0.3, 0.4) is 0 Å². The third kappa shape index (κ3) is 4.28. The lowest BCUT2D eigenvalue weighted by Crippen LogP contribution is -2.58. The molecule has 1 aliphatic carbocycles. The first-order chi connectivity index (χ1) is 11.0. The molecule has 1 atom stereocenters. The van der Waals surface area contributed by atoms with Crippen LogP contribution in [-0.4, -0.2) is 42.0 Å². The third-order valence-electron chi connectivity index (χ3n) is 4.50. The summed E-state index contributed by atoms with van der Waals surface area (Å²) in [5, 5.41) is 5.14. The van der Waals surface area contributed by atoms with E-state index >= 15 is 0 Å². The third-order valence-corrected chi connectivity index (χ3v) is 4.50. The van der Waals surface area contributed by atoms with E-state index in [4.69, 9.17) is 0 Å². The SMILES string of the molecule is CC(C(=O)NC(=O)NC1CC1)N1CC(Cc2ccc(F)cc2)C1. The van der Waals surface area contributed by atoms with E-state index in [9.17, 15) is 14.0 Å². The van der Waals surface area contributed by atoms with Crippen LogP contribution in [0.1, 0.15) is 25.3 Å². The number of urea groups is 1. The van der Waals surface area contributed by atoms with Crippen LogP contribution in [0.25, 0.3) is 0 Å². The van der Waals surface area contributed by atoms with Gasteiger partial charge in [0.05, 0.1) is 6.04 Å². The molecule has 2 N–H and O–H groups in total. The maximum absolute atomic E-state index is 12.9. The highest BCUT2D eigenvalue weighted by molar-refractivity contribution is 5.97. The van der Waals surface area contributed by atoms with Crippen LogP contribution in [0.4, 0.5) is 9.18 Å². The number of rotatable bonds is 5. The molecular weight excluding hydrogens is 297 g/mol. The van der Waals surface area contributed by atoms with Gasteiger partial charge in [-0.1, -0.05) is 12.1 Å². The molecular formula is C17H22FN3O2. The molecule has 1 aromatic rings. The zero-order valence-electron chi connectivity index (χ0n) is 13.2. The van der Waals surface area contributed by atoms with Gasteiger partial charge in [0.15, 0.2) is 0 Å². The van der Waals surface area contributed by atoms with Gasteiger partial charge in [-0.05, 0) is 49.8 Å². The van der Waals surface area contributed by atoms with E-state index in [0.29, 0.717) is 5.92 Å². The van der Waals surface area contributed by atoms with E-state index in [1.165, 1.54) is 12.1 Å². The van der Waals surface area contributed by atoms with Crippen LogP contribution in [0.15, 0.2) is 24.3 Å². The number of carbonyl (C=O) groups excluding carboxylic acids is 2. The summed E-state index contributed by atoms with van der Waals surface area (Å²) in [7, 11) is 0. The van der Waals surface area contributed by atoms with Crippen molar-refractivity contribution in [1.82, 2.24) is 15.5 Å². The minimum absolute atomic E-state index is 0.223. The molecule has 5 nitrogen and oxygen atoms in total. The Hall–Kier alpha value is -1.95. The minimum atomic E-state index is -0.396. The van der Waals surface area contributed by atoms with E-state index in [0.717, 1.165) is 37.9 Å². The van der Waals surface area contributed by atoms with E-state index in [-0.39, 0.29) is 23.8 Å². The second-order valence-corrected chi connectivity index (χ2v) is 6.56. The zero-order valence-corrected chi connectivity index (χ0v) is 13.2. The summed E-state index contributed by atoms with van der Waals surface area (Å²) in [6.07, 6.45) is 2.87. The molecule has 1 saturated carbocycles. The number of nitrogens with zero attached hydrogens (tertiary/aromatic N) is 1. The number of halogens is 1. The normalized spacial score (nSPS) is 19.7. The Bertz CT molecular complexity index is 580. The van der Waals surface area contributed by atoms with E-state index in [1.807, 2.05) is 11.8 Å². The Morgan fingerprint density at radius 3 is 2.52 bits per heavy atom. The van der Waals surface area contributed by atoms with Crippen molar-refractivity contribution in [1.29, 1.82) is 0 Å². The number of hydrogen-bond donors (Lipinski definition) is 2. The van der Waals surface area contributed by atoms with Crippen LogP contribution >= 0.6 is 0 Å². The van der Waals surface area contributed by atoms with Gasteiger partial charge in [-0.15, -0.1) is 0 Å². The Kier molecular flexibility index (Phi) is 4.61. The highest BCUT2D eigenvalue weighted by Gasteiger charge is 2.34. The lowest BCUT2D eigenvalue weighted by Gasteiger charge is -2.42. The highest BCUT2D eigenvalue weighted by atomic mass is 19.1. The van der Waals surface area contributed by atoms with Crippen molar-refractivity contribution < 1.29 is 14.0 Å². The van der Waals surface area contributed by atoms with Crippen molar-refractivity contribution in [2.45, 2.75) is 38.3 Å². The van der Waals surface area contributed by atoms with Crippen LogP contribution in [-0.2, 0) is 11.2 Å². The zero-order chi connectivity index (χ0) is 16.4. The average molecular weight is 319 g/mol. The first-order valence-corrected chi connectivity index (χ1v) is 8.11. The Labute approximate surface area is 135 Å². The predicted octanol–water partition coefficient (Wildman–Crippen LogP) is 1.68. The lowest BCUT2D eigenvalue weighted by atomic mass is 9.91. The maximum Gasteiger partial charge on any atom is 0.321 e. The van der Waals surface area contributed by atoms with Gasteiger partial charge in [0, 0.05) is 19.1 Å². The van der Waals surface area contributed by atoms with Crippen molar-refractivity contribution in [2.75, 3.05) is 13.1 Å². The number of amides is 3. The van der Waals surface area contributed by atoms with E-state index in [1.54, 1.807) is 12.1 Å². The lowest BCUT2D eigenvalue weighted by molar-refractivity contribution is -0.127. The molecule has 1 saturated heterocycles. The van der Waals surface area contributed by atoms with Crippen LogP contribution in [0.2, 0.25) is 0 Å². The molecule has 124 valence electrons. The summed E-state index contributed by atoms with van der Waals surface area (Å²) in [6, 6.07) is 6.08. The molecule has 1 aromatic carbocycles. The predicted molar refractivity (Wildman–Crippen MR) is 84.3 cm³/mol. The summed E-state index contributed by atoms with van der Waals surface area (Å²) in [5.41, 5.74) is 1.11. The summed E-state index contributed by atoms with van der Waals surface area (Å²) in [4.78, 5) is 25.7. The second-order valence-electron chi connectivity index (χ2n) is 6.56.